The number of aliphatic hydroxyl groups excluding tert-OH is 1. The number of aliphatic hydroxyl groups is 1. The SMILES string of the molecule is CC.CCO.N=C=O.N=C=O.c1ccccc1. The second kappa shape index (κ2) is 48.5. The zero-order valence-electron chi connectivity index (χ0n) is 10.4. The molecule has 0 bridgehead atoms. The Balaban J connectivity index is -0.0000000676. The van der Waals surface area contributed by atoms with E-state index in [0.717, 1.165) is 12.2 Å². The molecule has 5 heteroatoms. The Labute approximate surface area is 102 Å². The van der Waals surface area contributed by atoms with Gasteiger partial charge < -0.3 is 5.11 Å². The van der Waals surface area contributed by atoms with Crippen LogP contribution in [0, 0.1) is 10.8 Å². The van der Waals surface area contributed by atoms with Gasteiger partial charge in [-0.15, -0.1) is 0 Å². The van der Waals surface area contributed by atoms with Crippen LogP contribution in [0.2, 0.25) is 0 Å². The fourth-order valence-corrected chi connectivity index (χ4v) is 0.385. The number of nitrogens with one attached hydrogen (secondary N) is 2. The molecule has 0 unspecified atom stereocenters. The lowest BCUT2D eigenvalue weighted by Crippen LogP contribution is -1.57. The van der Waals surface area contributed by atoms with Gasteiger partial charge in [0.2, 0.25) is 12.2 Å². The van der Waals surface area contributed by atoms with Crippen LogP contribution in [0.25, 0.3) is 0 Å². The van der Waals surface area contributed by atoms with Crippen LogP contribution in [0.4, 0.5) is 0 Å². The van der Waals surface area contributed by atoms with Crippen molar-refractivity contribution in [2.75, 3.05) is 6.61 Å². The quantitative estimate of drug-likeness (QED) is 0.479. The van der Waals surface area contributed by atoms with E-state index in [-0.39, 0.29) is 6.61 Å². The summed E-state index contributed by atoms with van der Waals surface area (Å²) in [6, 6.07) is 12.0. The fraction of sp³-hybridized carbons (Fsp3) is 0.333. The van der Waals surface area contributed by atoms with Gasteiger partial charge in [-0.2, -0.15) is 0 Å². The molecule has 96 valence electrons. The van der Waals surface area contributed by atoms with Crippen molar-refractivity contribution >= 4 is 12.2 Å². The molecule has 0 aliphatic carbocycles. The molecule has 0 spiro atoms. The van der Waals surface area contributed by atoms with Crippen LogP contribution >= 0.6 is 0 Å². The first-order chi connectivity index (χ1) is 8.24. The summed E-state index contributed by atoms with van der Waals surface area (Å²) >= 11 is 0. The van der Waals surface area contributed by atoms with Gasteiger partial charge in [0.25, 0.3) is 0 Å². The van der Waals surface area contributed by atoms with E-state index in [0.29, 0.717) is 0 Å². The van der Waals surface area contributed by atoms with Gasteiger partial charge in [0.05, 0.1) is 0 Å². The average molecular weight is 240 g/mol. The van der Waals surface area contributed by atoms with E-state index < -0.39 is 0 Å². The second-order valence-corrected chi connectivity index (χ2v) is 1.68. The molecule has 0 saturated heterocycles. The van der Waals surface area contributed by atoms with E-state index in [2.05, 4.69) is 0 Å². The first-order valence-electron chi connectivity index (χ1n) is 4.93. The zero-order chi connectivity index (χ0) is 14.4. The number of carbonyl (C=O) groups excluding carboxylic acids is 2. The predicted octanol–water partition coefficient (Wildman–Crippen LogP) is 2.51. The van der Waals surface area contributed by atoms with Crippen molar-refractivity contribution in [1.29, 1.82) is 10.8 Å². The highest BCUT2D eigenvalue weighted by Crippen LogP contribution is 1.79. The summed E-state index contributed by atoms with van der Waals surface area (Å²) < 4.78 is 0. The van der Waals surface area contributed by atoms with Crippen molar-refractivity contribution in [3.63, 3.8) is 0 Å². The summed E-state index contributed by atoms with van der Waals surface area (Å²) in [5.41, 5.74) is 0. The lowest BCUT2D eigenvalue weighted by molar-refractivity contribution is 0.318. The van der Waals surface area contributed by atoms with Gasteiger partial charge in [0, 0.05) is 6.61 Å². The molecule has 0 aliphatic heterocycles. The molecule has 0 amide bonds. The molecule has 0 radical (unpaired) electrons. The van der Waals surface area contributed by atoms with Crippen molar-refractivity contribution in [1.82, 2.24) is 0 Å². The van der Waals surface area contributed by atoms with Crippen molar-refractivity contribution < 1.29 is 14.7 Å². The van der Waals surface area contributed by atoms with E-state index >= 15 is 0 Å². The van der Waals surface area contributed by atoms with Gasteiger partial charge in [-0.05, 0) is 6.92 Å². The van der Waals surface area contributed by atoms with Crippen LogP contribution in [-0.2, 0) is 9.59 Å². The minimum Gasteiger partial charge on any atom is -0.397 e. The smallest absolute Gasteiger partial charge is 0.231 e. The predicted molar refractivity (Wildman–Crippen MR) is 67.4 cm³/mol. The number of benzene rings is 1. The Bertz CT molecular complexity index is 213. The van der Waals surface area contributed by atoms with Crippen molar-refractivity contribution in [3.8, 4) is 0 Å². The molecule has 5 nitrogen and oxygen atoms in total. The third-order valence-corrected chi connectivity index (χ3v) is 0.667. The summed E-state index contributed by atoms with van der Waals surface area (Å²) in [5.74, 6) is 0. The number of hydrogen-bond acceptors (Lipinski definition) is 5. The summed E-state index contributed by atoms with van der Waals surface area (Å²) in [7, 11) is 0. The summed E-state index contributed by atoms with van der Waals surface area (Å²) in [6.07, 6.45) is 1.50. The Hall–Kier alpha value is -2.06. The Morgan fingerprint density at radius 3 is 1.00 bits per heavy atom. The molecule has 0 heterocycles. The standard InChI is InChI=1S/C6H6.C2H6O.C2H6.2CHNO/c1-2-4-6-5-3-1;1-2-3;1-2;2*2-1-3/h1-6H;3H,2H2,1H3;1-2H3;2*2H. The normalized spacial score (nSPS) is 5.18. The molecular weight excluding hydrogens is 220 g/mol. The number of rotatable bonds is 0. The van der Waals surface area contributed by atoms with E-state index in [9.17, 15) is 0 Å². The molecule has 0 aromatic heterocycles. The summed E-state index contributed by atoms with van der Waals surface area (Å²) in [6.45, 7) is 5.93. The molecule has 0 saturated carbocycles. The lowest BCUT2D eigenvalue weighted by atomic mass is 10.4. The Morgan fingerprint density at radius 1 is 0.882 bits per heavy atom. The van der Waals surface area contributed by atoms with Gasteiger partial charge in [-0.3, -0.25) is 0 Å². The topological polar surface area (TPSA) is 102 Å². The maximum Gasteiger partial charge on any atom is 0.231 e. The number of isocyanates is 2. The van der Waals surface area contributed by atoms with E-state index in [1.54, 1.807) is 6.92 Å². The molecule has 17 heavy (non-hydrogen) atoms. The molecule has 0 fully saturated rings. The molecule has 1 aromatic rings. The molecule has 0 aliphatic rings. The third kappa shape index (κ3) is 128. The largest absolute Gasteiger partial charge is 0.397 e. The van der Waals surface area contributed by atoms with Crippen molar-refractivity contribution in [3.05, 3.63) is 36.4 Å². The van der Waals surface area contributed by atoms with Gasteiger partial charge >= 0.3 is 0 Å². The zero-order valence-corrected chi connectivity index (χ0v) is 10.4. The van der Waals surface area contributed by atoms with Crippen LogP contribution in [0.15, 0.2) is 36.4 Å². The maximum atomic E-state index is 8.35. The van der Waals surface area contributed by atoms with E-state index in [1.807, 2.05) is 50.2 Å². The molecule has 3 N–H and O–H groups in total. The fourth-order valence-electron chi connectivity index (χ4n) is 0.385. The maximum absolute atomic E-state index is 8.35. The number of hydrogen-bond donors (Lipinski definition) is 3. The van der Waals surface area contributed by atoms with Crippen LogP contribution in [0.3, 0.4) is 0 Å². The van der Waals surface area contributed by atoms with Crippen LogP contribution in [-0.4, -0.2) is 23.9 Å². The second-order valence-electron chi connectivity index (χ2n) is 1.68. The van der Waals surface area contributed by atoms with Crippen molar-refractivity contribution in [2.45, 2.75) is 20.8 Å². The van der Waals surface area contributed by atoms with E-state index in [1.165, 1.54) is 0 Å². The third-order valence-electron chi connectivity index (χ3n) is 0.667. The molecule has 1 aromatic carbocycles. The summed E-state index contributed by atoms with van der Waals surface area (Å²) in [5, 5.41) is 18.4. The lowest BCUT2D eigenvalue weighted by Gasteiger charge is -1.69. The molecule has 1 rings (SSSR count). The highest BCUT2D eigenvalue weighted by molar-refractivity contribution is 5.26. The van der Waals surface area contributed by atoms with Gasteiger partial charge in [-0.25, -0.2) is 20.4 Å². The minimum absolute atomic E-state index is 0.250. The summed E-state index contributed by atoms with van der Waals surface area (Å²) in [4.78, 5) is 16.7. The van der Waals surface area contributed by atoms with E-state index in [4.69, 9.17) is 25.5 Å². The highest BCUT2D eigenvalue weighted by Gasteiger charge is 1.57. The Kier molecular flexibility index (Phi) is 69.2. The Morgan fingerprint density at radius 2 is 0.941 bits per heavy atom. The molecular formula is C12H20N2O3. The minimum atomic E-state index is 0.250. The van der Waals surface area contributed by atoms with Gasteiger partial charge in [-0.1, -0.05) is 50.2 Å². The first-order valence-corrected chi connectivity index (χ1v) is 4.93. The van der Waals surface area contributed by atoms with Gasteiger partial charge in [0.1, 0.15) is 0 Å². The van der Waals surface area contributed by atoms with Crippen LogP contribution < -0.4 is 0 Å². The van der Waals surface area contributed by atoms with Crippen LogP contribution in [0.1, 0.15) is 20.8 Å². The molecule has 0 atom stereocenters. The first kappa shape index (κ1) is 24.3. The van der Waals surface area contributed by atoms with Gasteiger partial charge in [0.15, 0.2) is 0 Å². The van der Waals surface area contributed by atoms with Crippen LogP contribution in [0.5, 0.6) is 0 Å². The monoisotopic (exact) mass is 240 g/mol. The average Bonchev–Trinajstić information content (AvgIpc) is 2.37. The van der Waals surface area contributed by atoms with Crippen molar-refractivity contribution in [2.24, 2.45) is 0 Å². The highest BCUT2D eigenvalue weighted by atomic mass is 16.2.